The van der Waals surface area contributed by atoms with Crippen LogP contribution in [-0.4, -0.2) is 263 Å². The number of nitrogens with zero attached hydrogens (tertiary/aromatic N) is 2. The van der Waals surface area contributed by atoms with Crippen molar-refractivity contribution in [2.45, 2.75) is 53.4 Å². The summed E-state index contributed by atoms with van der Waals surface area (Å²) >= 11 is 0. The van der Waals surface area contributed by atoms with Gasteiger partial charge in [0.1, 0.15) is 44.2 Å². The molecule has 1 heterocycles. The fraction of sp³-hybridized carbons (Fsp3) is 0.623. The lowest BCUT2D eigenvalue weighted by Crippen LogP contribution is -2.33. The topological polar surface area (TPSA) is 406 Å². The third kappa shape index (κ3) is 49.2. The van der Waals surface area contributed by atoms with E-state index in [0.29, 0.717) is 143 Å². The van der Waals surface area contributed by atoms with Crippen molar-refractivity contribution < 1.29 is 129 Å². The first-order valence-corrected chi connectivity index (χ1v) is 29.2. The first-order valence-electron chi connectivity index (χ1n) is 29.2. The van der Waals surface area contributed by atoms with E-state index < -0.39 is 39.6 Å². The number of nitrogens with one attached hydrogen (secondary N) is 1. The normalized spacial score (nSPS) is 11.4. The zero-order chi connectivity index (χ0) is 70.3. The molecule has 3 N–H and O–H groups in total. The van der Waals surface area contributed by atoms with Crippen molar-refractivity contribution in [3.8, 4) is 0 Å². The molecule has 3 rings (SSSR count). The van der Waals surface area contributed by atoms with E-state index in [4.69, 9.17) is 81.3 Å². The zero-order valence-electron chi connectivity index (χ0n) is 55.2. The van der Waals surface area contributed by atoms with Crippen LogP contribution in [0.1, 0.15) is 69.3 Å². The molecule has 0 atom stereocenters. The van der Waals surface area contributed by atoms with E-state index in [2.05, 4.69) is 10.1 Å². The predicted octanol–water partition coefficient (Wildman–Crippen LogP) is 3.67. The van der Waals surface area contributed by atoms with Crippen LogP contribution in [0.4, 0.5) is 11.4 Å². The number of ketones is 2. The number of aldehydes is 1. The molecule has 2 aromatic rings. The smallest absolute Gasteiger partial charge is 0.336 e. The SMILES string of the molecule is CCOC(=O)CC(C)=O.CO.COCCOCCOCCO.COCCOCCOCCOC(=O)C1=C(C)NC(C)=C(C(=O)OCCOCCOCCOC)C1c1ccccc1[N+](=O)[O-].COCCOCCOCCOC(=O)CC(C)=O.O=Cc1ccccc1[N+](=O)[O-]. The predicted molar refractivity (Wildman–Crippen MR) is 332 cm³/mol. The van der Waals surface area contributed by atoms with Crippen LogP contribution in [-0.2, 0) is 105 Å². The Morgan fingerprint density at radius 1 is 0.473 bits per heavy atom. The molecule has 2 aromatic carbocycles. The number of hydrogen-bond acceptors (Lipinski definition) is 30. The summed E-state index contributed by atoms with van der Waals surface area (Å²) in [4.78, 5) is 100. The minimum atomic E-state index is -1.12. The molecule has 93 heavy (non-hydrogen) atoms. The molecule has 0 bridgehead atoms. The molecule has 32 heteroatoms. The van der Waals surface area contributed by atoms with Crippen molar-refractivity contribution in [2.75, 3.05) is 201 Å². The number of allylic oxidation sites excluding steroid dienone is 2. The first kappa shape index (κ1) is 90.0. The number of para-hydroxylation sites is 2. The highest BCUT2D eigenvalue weighted by Crippen LogP contribution is 2.42. The number of dihydropyridines is 1. The second-order valence-corrected chi connectivity index (χ2v) is 18.0. The number of benzene rings is 2. The van der Waals surface area contributed by atoms with Gasteiger partial charge in [0.25, 0.3) is 11.4 Å². The summed E-state index contributed by atoms with van der Waals surface area (Å²) in [5.74, 6) is -3.93. The number of aliphatic hydroxyl groups excluding tert-OH is 2. The molecular weight excluding hydrogens is 1240 g/mol. The molecule has 0 aromatic heterocycles. The number of carbonyl (C=O) groups is 7. The Kier molecular flexibility index (Phi) is 61.6. The summed E-state index contributed by atoms with van der Waals surface area (Å²) in [5, 5.41) is 40.5. The highest BCUT2D eigenvalue weighted by Gasteiger charge is 2.41. The number of rotatable bonds is 46. The molecule has 0 unspecified atom stereocenters. The molecule has 1 aliphatic rings. The van der Waals surface area contributed by atoms with Gasteiger partial charge in [-0.15, -0.1) is 0 Å². The van der Waals surface area contributed by atoms with Gasteiger partial charge in [-0.05, 0) is 40.7 Å². The Morgan fingerprint density at radius 2 is 0.785 bits per heavy atom. The van der Waals surface area contributed by atoms with Gasteiger partial charge in [-0.2, -0.15) is 0 Å². The lowest BCUT2D eigenvalue weighted by molar-refractivity contribution is -0.385. The van der Waals surface area contributed by atoms with E-state index in [0.717, 1.165) is 7.11 Å². The monoisotopic (exact) mass is 1340 g/mol. The van der Waals surface area contributed by atoms with Gasteiger partial charge >= 0.3 is 23.9 Å². The van der Waals surface area contributed by atoms with Gasteiger partial charge < -0.3 is 91.3 Å². The maximum absolute atomic E-state index is 13.4. The Hall–Kier alpha value is -7.15. The molecule has 0 saturated carbocycles. The number of esters is 4. The minimum Gasteiger partial charge on any atom is -0.466 e. The standard InChI is InChI=1S/C29H42N2O12.C11H20O6.C7H5NO3.C7H16O4.C6H10O3.CH4O/c1-21-25(28(32)42-19-17-40-15-13-38-11-9-36-3)27(23-7-5-6-8-24(23)31(34)35)26(22(2)30-21)29(33)43-20-18-41-16-14-39-12-10-37-4;1-10(12)9-11(13)17-8-7-16-6-5-15-4-3-14-2;9-5-6-3-1-2-4-7(6)8(10)11;1-9-4-5-11-7-6-10-3-2-8;1-3-9-6(8)4-5(2)7;1-2/h5-8,27,30H,9-20H2,1-4H3;3-9H2,1-2H3;1-5H;8H,2-7H2,1H3;3-4H2,1-2H3;2H,1H3. The van der Waals surface area contributed by atoms with Gasteiger partial charge in [0.15, 0.2) is 6.29 Å². The van der Waals surface area contributed by atoms with Crippen molar-refractivity contribution in [3.63, 3.8) is 0 Å². The first-order chi connectivity index (χ1) is 44.8. The molecular formula is C61H97N3O29. The number of Topliss-reactive ketones (excluding diaryl/α,β-unsaturated/α-hetero) is 2. The van der Waals surface area contributed by atoms with Gasteiger partial charge in [-0.3, -0.25) is 44.2 Å². The summed E-state index contributed by atoms with van der Waals surface area (Å²) in [6.45, 7) is 16.4. The van der Waals surface area contributed by atoms with Crippen molar-refractivity contribution in [1.82, 2.24) is 5.32 Å². The Balaban J connectivity index is -0.00000131. The van der Waals surface area contributed by atoms with Crippen LogP contribution in [0.5, 0.6) is 0 Å². The van der Waals surface area contributed by atoms with Crippen LogP contribution in [0.15, 0.2) is 71.1 Å². The number of methoxy groups -OCH3 is 4. The number of nitro benzene ring substituents is 2. The fourth-order valence-electron chi connectivity index (χ4n) is 6.85. The van der Waals surface area contributed by atoms with Crippen molar-refractivity contribution in [1.29, 1.82) is 0 Å². The number of carbonyl (C=O) groups excluding carboxylic acids is 7. The van der Waals surface area contributed by atoms with Gasteiger partial charge in [0, 0.05) is 64.6 Å². The van der Waals surface area contributed by atoms with E-state index in [1.165, 1.54) is 50.2 Å². The summed E-state index contributed by atoms with van der Waals surface area (Å²) in [5.41, 5.74) is 0.760. The molecule has 0 fully saturated rings. The molecule has 32 nitrogen and oxygen atoms in total. The Labute approximate surface area is 542 Å². The second-order valence-electron chi connectivity index (χ2n) is 18.0. The second kappa shape index (κ2) is 63.6. The van der Waals surface area contributed by atoms with Crippen molar-refractivity contribution in [2.24, 2.45) is 0 Å². The van der Waals surface area contributed by atoms with Crippen LogP contribution in [0, 0.1) is 20.2 Å². The van der Waals surface area contributed by atoms with Crippen molar-refractivity contribution in [3.05, 3.63) is 102 Å². The number of aliphatic hydroxyl groups is 2. The third-order valence-electron chi connectivity index (χ3n) is 10.9. The summed E-state index contributed by atoms with van der Waals surface area (Å²) in [6.07, 6.45) is 0.187. The summed E-state index contributed by atoms with van der Waals surface area (Å²) < 4.78 is 81.4. The van der Waals surface area contributed by atoms with E-state index in [1.54, 1.807) is 61.3 Å². The summed E-state index contributed by atoms with van der Waals surface area (Å²) in [7, 11) is 7.40. The Morgan fingerprint density at radius 3 is 1.11 bits per heavy atom. The van der Waals surface area contributed by atoms with Crippen LogP contribution >= 0.6 is 0 Å². The van der Waals surface area contributed by atoms with Crippen LogP contribution < -0.4 is 5.32 Å². The highest BCUT2D eigenvalue weighted by atomic mass is 16.6. The molecule has 0 spiro atoms. The third-order valence-corrected chi connectivity index (χ3v) is 10.9. The fourth-order valence-corrected chi connectivity index (χ4v) is 6.85. The average molecular weight is 1340 g/mol. The molecule has 0 saturated heterocycles. The minimum absolute atomic E-state index is 0.0548. The van der Waals surface area contributed by atoms with Crippen LogP contribution in [0.3, 0.4) is 0 Å². The van der Waals surface area contributed by atoms with E-state index in [1.807, 2.05) is 0 Å². The van der Waals surface area contributed by atoms with E-state index in [-0.39, 0.29) is 97.7 Å². The zero-order valence-corrected chi connectivity index (χ0v) is 55.2. The van der Waals surface area contributed by atoms with E-state index >= 15 is 0 Å². The lowest BCUT2D eigenvalue weighted by Gasteiger charge is -2.30. The number of ether oxygens (including phenoxy) is 16. The number of nitro groups is 2. The molecule has 0 aliphatic carbocycles. The highest BCUT2D eigenvalue weighted by molar-refractivity contribution is 6.00. The molecule has 530 valence electrons. The van der Waals surface area contributed by atoms with Gasteiger partial charge in [0.2, 0.25) is 0 Å². The Bertz CT molecular complexity index is 2360. The van der Waals surface area contributed by atoms with Gasteiger partial charge in [-0.25, -0.2) is 9.59 Å². The van der Waals surface area contributed by atoms with Crippen LogP contribution in [0.25, 0.3) is 0 Å². The largest absolute Gasteiger partial charge is 0.466 e. The van der Waals surface area contributed by atoms with E-state index in [9.17, 15) is 53.8 Å². The molecule has 1 aliphatic heterocycles. The molecule has 0 radical (unpaired) electrons. The maximum Gasteiger partial charge on any atom is 0.336 e. The summed E-state index contributed by atoms with van der Waals surface area (Å²) in [6, 6.07) is 11.7. The molecule has 0 amide bonds. The maximum atomic E-state index is 13.4. The quantitative estimate of drug-likeness (QED) is 0.0162. The van der Waals surface area contributed by atoms with Crippen LogP contribution in [0.2, 0.25) is 0 Å². The van der Waals surface area contributed by atoms with Crippen molar-refractivity contribution >= 4 is 53.1 Å². The van der Waals surface area contributed by atoms with Gasteiger partial charge in [0.05, 0.1) is 178 Å². The number of hydrogen-bond donors (Lipinski definition) is 3. The average Bonchev–Trinajstić information content (AvgIpc) is 0.766. The van der Waals surface area contributed by atoms with Gasteiger partial charge in [-0.1, -0.05) is 30.3 Å². The lowest BCUT2D eigenvalue weighted by atomic mass is 9.79.